The number of rotatable bonds is 4. The van der Waals surface area contributed by atoms with E-state index in [-0.39, 0.29) is 11.7 Å². The van der Waals surface area contributed by atoms with Crippen molar-refractivity contribution in [2.45, 2.75) is 0 Å². The second-order valence-electron chi connectivity index (χ2n) is 3.43. The van der Waals surface area contributed by atoms with Gasteiger partial charge >= 0.3 is 6.01 Å². The first kappa shape index (κ1) is 12.6. The van der Waals surface area contributed by atoms with E-state index in [2.05, 4.69) is 9.97 Å². The van der Waals surface area contributed by atoms with Crippen LogP contribution in [0.5, 0.6) is 23.3 Å². The summed E-state index contributed by atoms with van der Waals surface area (Å²) in [5.41, 5.74) is 0.221. The van der Waals surface area contributed by atoms with Crippen LogP contribution in [0.4, 0.5) is 0 Å². The van der Waals surface area contributed by atoms with Gasteiger partial charge < -0.3 is 14.2 Å². The molecule has 1 aromatic heterocycles. The number of benzene rings is 1. The first-order chi connectivity index (χ1) is 9.28. The van der Waals surface area contributed by atoms with Gasteiger partial charge in [-0.25, -0.2) is 4.98 Å². The molecule has 0 spiro atoms. The molecule has 0 aliphatic carbocycles. The minimum absolute atomic E-state index is 0.0573. The number of hydrogen-bond acceptors (Lipinski definition) is 6. The van der Waals surface area contributed by atoms with Gasteiger partial charge in [0.1, 0.15) is 11.8 Å². The van der Waals surface area contributed by atoms with Crippen LogP contribution >= 0.6 is 0 Å². The van der Waals surface area contributed by atoms with Gasteiger partial charge in [-0.1, -0.05) is 6.07 Å². The van der Waals surface area contributed by atoms with E-state index in [9.17, 15) is 0 Å². The van der Waals surface area contributed by atoms with Gasteiger partial charge in [-0.15, -0.1) is 0 Å². The fourth-order valence-corrected chi connectivity index (χ4v) is 1.46. The summed E-state index contributed by atoms with van der Waals surface area (Å²) in [6.07, 6.45) is 1.45. The molecule has 0 aliphatic rings. The van der Waals surface area contributed by atoms with Gasteiger partial charge in [0.25, 0.3) is 0 Å². The number of nitrogens with zero attached hydrogens (tertiary/aromatic N) is 3. The molecular weight excluding hydrogens is 246 g/mol. The Morgan fingerprint density at radius 1 is 1.11 bits per heavy atom. The summed E-state index contributed by atoms with van der Waals surface area (Å²) in [7, 11) is 3.04. The number of para-hydroxylation sites is 1. The maximum absolute atomic E-state index is 8.78. The van der Waals surface area contributed by atoms with Crippen molar-refractivity contribution >= 4 is 0 Å². The topological polar surface area (TPSA) is 77.3 Å². The Hall–Kier alpha value is -2.81. The lowest BCUT2D eigenvalue weighted by Crippen LogP contribution is -1.98. The van der Waals surface area contributed by atoms with E-state index in [0.717, 1.165) is 0 Å². The third-order valence-electron chi connectivity index (χ3n) is 2.32. The van der Waals surface area contributed by atoms with E-state index in [4.69, 9.17) is 19.5 Å². The van der Waals surface area contributed by atoms with Crippen molar-refractivity contribution in [2.75, 3.05) is 14.2 Å². The number of methoxy groups -OCH3 is 2. The summed E-state index contributed by atoms with van der Waals surface area (Å²) in [6, 6.07) is 8.70. The van der Waals surface area contributed by atoms with Gasteiger partial charge in [0, 0.05) is 6.20 Å². The fourth-order valence-electron chi connectivity index (χ4n) is 1.46. The van der Waals surface area contributed by atoms with Gasteiger partial charge in [-0.05, 0) is 18.2 Å². The molecule has 0 amide bonds. The van der Waals surface area contributed by atoms with E-state index >= 15 is 0 Å². The first-order valence-corrected chi connectivity index (χ1v) is 5.40. The molecule has 96 valence electrons. The lowest BCUT2D eigenvalue weighted by atomic mass is 10.3. The Bertz CT molecular complexity index is 601. The highest BCUT2D eigenvalue weighted by molar-refractivity contribution is 5.52. The van der Waals surface area contributed by atoms with Crippen molar-refractivity contribution in [3.8, 4) is 29.3 Å². The standard InChI is InChI=1S/C13H11N3O3/c1-17-10-4-3-5-11(18-2)12(10)19-13-15-7-6-9(8-14)16-13/h3-7H,1-2H3. The molecule has 6 heteroatoms. The highest BCUT2D eigenvalue weighted by atomic mass is 16.5. The van der Waals surface area contributed by atoms with Crippen LogP contribution in [0.2, 0.25) is 0 Å². The quantitative estimate of drug-likeness (QED) is 0.835. The Kier molecular flexibility index (Phi) is 3.78. The van der Waals surface area contributed by atoms with Gasteiger partial charge in [-0.3, -0.25) is 0 Å². The molecule has 0 radical (unpaired) electrons. The minimum atomic E-state index is 0.0573. The molecular formula is C13H11N3O3. The summed E-state index contributed by atoms with van der Waals surface area (Å²) in [6.45, 7) is 0. The number of hydrogen-bond donors (Lipinski definition) is 0. The van der Waals surface area contributed by atoms with E-state index in [1.54, 1.807) is 18.2 Å². The molecule has 6 nitrogen and oxygen atoms in total. The molecule has 19 heavy (non-hydrogen) atoms. The van der Waals surface area contributed by atoms with E-state index in [1.807, 2.05) is 6.07 Å². The predicted octanol–water partition coefficient (Wildman–Crippen LogP) is 2.16. The van der Waals surface area contributed by atoms with Gasteiger partial charge in [0.2, 0.25) is 5.75 Å². The molecule has 1 aromatic carbocycles. The Labute approximate surface area is 110 Å². The molecule has 0 aliphatic heterocycles. The summed E-state index contributed by atoms with van der Waals surface area (Å²) < 4.78 is 15.9. The number of ether oxygens (including phenoxy) is 3. The Balaban J connectivity index is 2.39. The van der Waals surface area contributed by atoms with Gasteiger partial charge in [-0.2, -0.15) is 10.2 Å². The van der Waals surface area contributed by atoms with Crippen LogP contribution in [-0.2, 0) is 0 Å². The normalized spacial score (nSPS) is 9.53. The Morgan fingerprint density at radius 3 is 2.37 bits per heavy atom. The van der Waals surface area contributed by atoms with Crippen molar-refractivity contribution < 1.29 is 14.2 Å². The van der Waals surface area contributed by atoms with Crippen LogP contribution in [0.3, 0.4) is 0 Å². The van der Waals surface area contributed by atoms with Gasteiger partial charge in [0.15, 0.2) is 11.5 Å². The molecule has 0 saturated heterocycles. The molecule has 2 aromatic rings. The highest BCUT2D eigenvalue weighted by Crippen LogP contribution is 2.38. The fraction of sp³-hybridized carbons (Fsp3) is 0.154. The van der Waals surface area contributed by atoms with E-state index in [1.165, 1.54) is 26.5 Å². The third-order valence-corrected chi connectivity index (χ3v) is 2.32. The minimum Gasteiger partial charge on any atom is -0.493 e. The monoisotopic (exact) mass is 257 g/mol. The molecule has 2 rings (SSSR count). The van der Waals surface area contributed by atoms with Crippen LogP contribution in [0.15, 0.2) is 30.5 Å². The smallest absolute Gasteiger partial charge is 0.323 e. The van der Waals surface area contributed by atoms with Crippen molar-refractivity contribution in [3.05, 3.63) is 36.2 Å². The SMILES string of the molecule is COc1cccc(OC)c1Oc1nccc(C#N)n1. The molecule has 0 bridgehead atoms. The largest absolute Gasteiger partial charge is 0.493 e. The highest BCUT2D eigenvalue weighted by Gasteiger charge is 2.13. The Morgan fingerprint density at radius 2 is 1.79 bits per heavy atom. The van der Waals surface area contributed by atoms with Crippen LogP contribution in [0.1, 0.15) is 5.69 Å². The molecule has 0 fully saturated rings. The zero-order chi connectivity index (χ0) is 13.7. The van der Waals surface area contributed by atoms with Crippen molar-refractivity contribution in [1.29, 1.82) is 5.26 Å². The van der Waals surface area contributed by atoms with Crippen molar-refractivity contribution in [1.82, 2.24) is 9.97 Å². The third kappa shape index (κ3) is 2.72. The molecule has 0 saturated carbocycles. The second kappa shape index (κ2) is 5.69. The zero-order valence-corrected chi connectivity index (χ0v) is 10.5. The average Bonchev–Trinajstić information content (AvgIpc) is 2.47. The molecule has 0 atom stereocenters. The van der Waals surface area contributed by atoms with E-state index < -0.39 is 0 Å². The second-order valence-corrected chi connectivity index (χ2v) is 3.43. The predicted molar refractivity (Wildman–Crippen MR) is 66.4 cm³/mol. The van der Waals surface area contributed by atoms with Crippen LogP contribution in [0.25, 0.3) is 0 Å². The molecule has 0 N–H and O–H groups in total. The average molecular weight is 257 g/mol. The van der Waals surface area contributed by atoms with Crippen LogP contribution < -0.4 is 14.2 Å². The lowest BCUT2D eigenvalue weighted by Gasteiger charge is -2.12. The van der Waals surface area contributed by atoms with Crippen molar-refractivity contribution in [3.63, 3.8) is 0 Å². The summed E-state index contributed by atoms with van der Waals surface area (Å²) in [4.78, 5) is 7.87. The molecule has 1 heterocycles. The summed E-state index contributed by atoms with van der Waals surface area (Å²) >= 11 is 0. The molecule has 0 unspecified atom stereocenters. The van der Waals surface area contributed by atoms with Crippen molar-refractivity contribution in [2.24, 2.45) is 0 Å². The summed E-state index contributed by atoms with van der Waals surface area (Å²) in [5, 5.41) is 8.78. The maximum Gasteiger partial charge on any atom is 0.323 e. The van der Waals surface area contributed by atoms with Crippen LogP contribution in [-0.4, -0.2) is 24.2 Å². The lowest BCUT2D eigenvalue weighted by molar-refractivity contribution is 0.336. The zero-order valence-electron chi connectivity index (χ0n) is 10.5. The summed E-state index contributed by atoms with van der Waals surface area (Å²) in [5.74, 6) is 1.35. The first-order valence-electron chi connectivity index (χ1n) is 5.40. The van der Waals surface area contributed by atoms with Gasteiger partial charge in [0.05, 0.1) is 14.2 Å². The number of aromatic nitrogens is 2. The van der Waals surface area contributed by atoms with Crippen LogP contribution in [0, 0.1) is 11.3 Å². The number of nitriles is 1. The van der Waals surface area contributed by atoms with E-state index in [0.29, 0.717) is 17.2 Å². The maximum atomic E-state index is 8.78.